The summed E-state index contributed by atoms with van der Waals surface area (Å²) >= 11 is 0. The maximum absolute atomic E-state index is 13.0. The lowest BCUT2D eigenvalue weighted by Crippen LogP contribution is -2.39. The zero-order valence-electron chi connectivity index (χ0n) is 18.6. The van der Waals surface area contributed by atoms with Gasteiger partial charge in [-0.05, 0) is 61.9 Å². The van der Waals surface area contributed by atoms with Crippen molar-refractivity contribution in [1.82, 2.24) is 10.2 Å². The van der Waals surface area contributed by atoms with Gasteiger partial charge in [0.25, 0.3) is 0 Å². The lowest BCUT2D eigenvalue weighted by Gasteiger charge is -2.27. The van der Waals surface area contributed by atoms with Gasteiger partial charge in [0.2, 0.25) is 5.91 Å². The topological polar surface area (TPSA) is 60.0 Å². The molecule has 2 aromatic rings. The van der Waals surface area contributed by atoms with Crippen LogP contribution in [0.2, 0.25) is 0 Å². The Balaban J connectivity index is 1.44. The molecule has 1 N–H and O–H groups in total. The van der Waals surface area contributed by atoms with Crippen molar-refractivity contribution in [2.24, 2.45) is 5.92 Å². The maximum atomic E-state index is 13.0. The number of carbonyl (C=O) groups is 1. The van der Waals surface area contributed by atoms with E-state index < -0.39 is 0 Å². The summed E-state index contributed by atoms with van der Waals surface area (Å²) in [6, 6.07) is 14.2. The van der Waals surface area contributed by atoms with Crippen molar-refractivity contribution < 1.29 is 19.0 Å². The molecule has 0 bridgehead atoms. The third-order valence-corrected chi connectivity index (χ3v) is 6.39. The summed E-state index contributed by atoms with van der Waals surface area (Å²) in [7, 11) is 5.00. The molecule has 2 aliphatic rings. The maximum Gasteiger partial charge on any atom is 0.234 e. The van der Waals surface area contributed by atoms with Gasteiger partial charge in [-0.2, -0.15) is 0 Å². The first-order valence-electron chi connectivity index (χ1n) is 11.0. The molecule has 0 aromatic heterocycles. The van der Waals surface area contributed by atoms with Crippen molar-refractivity contribution in [3.8, 4) is 17.2 Å². The van der Waals surface area contributed by atoms with Crippen molar-refractivity contribution in [2.75, 3.05) is 34.4 Å². The molecular formula is C25H32N2O4. The summed E-state index contributed by atoms with van der Waals surface area (Å²) < 4.78 is 16.2. The van der Waals surface area contributed by atoms with Gasteiger partial charge in [0.15, 0.2) is 0 Å². The first-order valence-corrected chi connectivity index (χ1v) is 11.0. The first-order chi connectivity index (χ1) is 15.1. The van der Waals surface area contributed by atoms with Crippen LogP contribution < -0.4 is 19.5 Å². The number of nitrogens with zero attached hydrogens (tertiary/aromatic N) is 1. The molecule has 1 saturated carbocycles. The number of benzene rings is 2. The molecular weight excluding hydrogens is 392 g/mol. The van der Waals surface area contributed by atoms with Crippen molar-refractivity contribution >= 4 is 5.91 Å². The Hall–Kier alpha value is -2.73. The van der Waals surface area contributed by atoms with E-state index in [9.17, 15) is 4.79 Å². The highest BCUT2D eigenvalue weighted by Gasteiger charge is 2.35. The second kappa shape index (κ2) is 9.60. The Labute approximate surface area is 184 Å². The molecule has 1 heterocycles. The SMILES string of the molecule is COc1ccc(C(NC(=O)CN2CCCC2c2ccc(OC)cc2OC)C2CC2)cc1. The number of hydrogen-bond acceptors (Lipinski definition) is 5. The molecule has 31 heavy (non-hydrogen) atoms. The summed E-state index contributed by atoms with van der Waals surface area (Å²) in [6.45, 7) is 1.29. The largest absolute Gasteiger partial charge is 0.497 e. The average molecular weight is 425 g/mol. The molecule has 1 amide bonds. The average Bonchev–Trinajstić information content (AvgIpc) is 3.55. The quantitative estimate of drug-likeness (QED) is 0.656. The highest BCUT2D eigenvalue weighted by molar-refractivity contribution is 5.78. The number of ether oxygens (including phenoxy) is 3. The van der Waals surface area contributed by atoms with Crippen molar-refractivity contribution in [2.45, 2.75) is 37.8 Å². The standard InChI is InChI=1S/C25H32N2O4/c1-29-19-10-8-18(9-11-19)25(17-6-7-17)26-24(28)16-27-14-4-5-22(27)21-13-12-20(30-2)15-23(21)31-3/h8-13,15,17,22,25H,4-7,14,16H2,1-3H3,(H,26,28). The van der Waals surface area contributed by atoms with Gasteiger partial charge in [0.05, 0.1) is 33.9 Å². The highest BCUT2D eigenvalue weighted by atomic mass is 16.5. The zero-order chi connectivity index (χ0) is 21.8. The Bertz CT molecular complexity index is 895. The molecule has 6 heteroatoms. The predicted molar refractivity (Wildman–Crippen MR) is 120 cm³/mol. The van der Waals surface area contributed by atoms with E-state index in [0.717, 1.165) is 60.6 Å². The lowest BCUT2D eigenvalue weighted by atomic mass is 10.0. The van der Waals surface area contributed by atoms with E-state index >= 15 is 0 Å². The molecule has 1 aliphatic heterocycles. The highest BCUT2D eigenvalue weighted by Crippen LogP contribution is 2.42. The van der Waals surface area contributed by atoms with Crippen LogP contribution in [-0.4, -0.2) is 45.2 Å². The fourth-order valence-corrected chi connectivity index (χ4v) is 4.58. The molecule has 1 saturated heterocycles. The number of nitrogens with one attached hydrogen (secondary N) is 1. The minimum atomic E-state index is 0.0648. The predicted octanol–water partition coefficient (Wildman–Crippen LogP) is 4.12. The van der Waals surface area contributed by atoms with E-state index in [0.29, 0.717) is 12.5 Å². The number of amides is 1. The zero-order valence-corrected chi connectivity index (χ0v) is 18.6. The Kier molecular flexibility index (Phi) is 6.66. The lowest BCUT2D eigenvalue weighted by molar-refractivity contribution is -0.123. The van der Waals surface area contributed by atoms with Gasteiger partial charge in [-0.25, -0.2) is 0 Å². The fraction of sp³-hybridized carbons (Fsp3) is 0.480. The van der Waals surface area contributed by atoms with Gasteiger partial charge in [-0.15, -0.1) is 0 Å². The molecule has 2 aromatic carbocycles. The molecule has 0 spiro atoms. The molecule has 1 aliphatic carbocycles. The van der Waals surface area contributed by atoms with E-state index in [2.05, 4.69) is 28.4 Å². The molecule has 4 rings (SSSR count). The van der Waals surface area contributed by atoms with Crippen LogP contribution in [-0.2, 0) is 4.79 Å². The molecule has 166 valence electrons. The van der Waals surface area contributed by atoms with Gasteiger partial charge in [0.1, 0.15) is 17.2 Å². The van der Waals surface area contributed by atoms with Crippen LogP contribution in [0.25, 0.3) is 0 Å². The number of rotatable bonds is 9. The second-order valence-electron chi connectivity index (χ2n) is 8.39. The van der Waals surface area contributed by atoms with Gasteiger partial charge >= 0.3 is 0 Å². The van der Waals surface area contributed by atoms with Gasteiger partial charge in [-0.1, -0.05) is 18.2 Å². The Morgan fingerprint density at radius 3 is 2.35 bits per heavy atom. The van der Waals surface area contributed by atoms with E-state index in [1.807, 2.05) is 24.3 Å². The monoisotopic (exact) mass is 424 g/mol. The van der Waals surface area contributed by atoms with Gasteiger partial charge < -0.3 is 19.5 Å². The number of carbonyl (C=O) groups excluding carboxylic acids is 1. The van der Waals surface area contributed by atoms with E-state index in [-0.39, 0.29) is 18.0 Å². The minimum absolute atomic E-state index is 0.0648. The fourth-order valence-electron chi connectivity index (χ4n) is 4.58. The third kappa shape index (κ3) is 4.96. The van der Waals surface area contributed by atoms with Crippen LogP contribution in [0.1, 0.15) is 48.9 Å². The number of methoxy groups -OCH3 is 3. The first kappa shape index (κ1) is 21.5. The van der Waals surface area contributed by atoms with Crippen LogP contribution in [0.5, 0.6) is 17.2 Å². The van der Waals surface area contributed by atoms with Crippen molar-refractivity contribution in [3.63, 3.8) is 0 Å². The van der Waals surface area contributed by atoms with Crippen LogP contribution >= 0.6 is 0 Å². The molecule has 6 nitrogen and oxygen atoms in total. The molecule has 2 atom stereocenters. The van der Waals surface area contributed by atoms with Gasteiger partial charge in [-0.3, -0.25) is 9.69 Å². The van der Waals surface area contributed by atoms with Crippen molar-refractivity contribution in [1.29, 1.82) is 0 Å². The van der Waals surface area contributed by atoms with Crippen LogP contribution in [0.3, 0.4) is 0 Å². The van der Waals surface area contributed by atoms with Crippen LogP contribution in [0, 0.1) is 5.92 Å². The van der Waals surface area contributed by atoms with Gasteiger partial charge in [0, 0.05) is 17.7 Å². The second-order valence-corrected chi connectivity index (χ2v) is 8.39. The van der Waals surface area contributed by atoms with Crippen molar-refractivity contribution in [3.05, 3.63) is 53.6 Å². The summed E-state index contributed by atoms with van der Waals surface area (Å²) in [4.78, 5) is 15.3. The smallest absolute Gasteiger partial charge is 0.234 e. The summed E-state index contributed by atoms with van der Waals surface area (Å²) in [5, 5.41) is 3.31. The molecule has 0 radical (unpaired) electrons. The van der Waals surface area contributed by atoms with E-state index in [1.165, 1.54) is 0 Å². The van der Waals surface area contributed by atoms with E-state index in [1.54, 1.807) is 21.3 Å². The Morgan fingerprint density at radius 2 is 1.71 bits per heavy atom. The number of hydrogen-bond donors (Lipinski definition) is 1. The van der Waals surface area contributed by atoms with Crippen LogP contribution in [0.4, 0.5) is 0 Å². The third-order valence-electron chi connectivity index (χ3n) is 6.39. The molecule has 2 fully saturated rings. The van der Waals surface area contributed by atoms with Crippen LogP contribution in [0.15, 0.2) is 42.5 Å². The van der Waals surface area contributed by atoms with E-state index in [4.69, 9.17) is 14.2 Å². The summed E-state index contributed by atoms with van der Waals surface area (Å²) in [5.41, 5.74) is 2.26. The molecule has 2 unspecified atom stereocenters. The summed E-state index contributed by atoms with van der Waals surface area (Å²) in [6.07, 6.45) is 4.40. The summed E-state index contributed by atoms with van der Waals surface area (Å²) in [5.74, 6) is 3.01. The minimum Gasteiger partial charge on any atom is -0.497 e. The Morgan fingerprint density at radius 1 is 1.00 bits per heavy atom. The normalized spacial score (nSPS) is 19.6. The number of likely N-dealkylation sites (tertiary alicyclic amines) is 1.